The van der Waals surface area contributed by atoms with Gasteiger partial charge >= 0.3 is 0 Å². The van der Waals surface area contributed by atoms with E-state index in [1.165, 1.54) is 5.56 Å². The van der Waals surface area contributed by atoms with Crippen LogP contribution in [0.25, 0.3) is 0 Å². The Morgan fingerprint density at radius 3 is 3.21 bits per heavy atom. The van der Waals surface area contributed by atoms with Crippen molar-refractivity contribution in [1.29, 1.82) is 0 Å². The first-order valence-corrected chi connectivity index (χ1v) is 5.43. The molecule has 3 nitrogen and oxygen atoms in total. The van der Waals surface area contributed by atoms with Crippen LogP contribution in [0.2, 0.25) is 0 Å². The fraction of sp³-hybridized carbons (Fsp3) is 0.300. The number of rotatable bonds is 4. The molecular weight excluding hydrogens is 196 g/mol. The Morgan fingerprint density at radius 2 is 2.57 bits per heavy atom. The number of hydrogen-bond donors (Lipinski definition) is 1. The normalized spacial score (nSPS) is 12.9. The minimum Gasteiger partial charge on any atom is -0.472 e. The minimum absolute atomic E-state index is 0.301. The van der Waals surface area contributed by atoms with Crippen LogP contribution >= 0.6 is 11.3 Å². The molecule has 0 aliphatic carbocycles. The van der Waals surface area contributed by atoms with Gasteiger partial charge in [-0.25, -0.2) is 4.98 Å². The van der Waals surface area contributed by atoms with E-state index in [2.05, 4.69) is 22.6 Å². The summed E-state index contributed by atoms with van der Waals surface area (Å²) in [7, 11) is 0. The number of thiazole rings is 1. The van der Waals surface area contributed by atoms with Crippen molar-refractivity contribution < 1.29 is 4.42 Å². The number of furan rings is 1. The molecule has 2 rings (SSSR count). The Morgan fingerprint density at radius 1 is 1.64 bits per heavy atom. The van der Waals surface area contributed by atoms with Gasteiger partial charge in [0, 0.05) is 23.5 Å². The molecule has 0 aliphatic heterocycles. The predicted octanol–water partition coefficient (Wildman–Crippen LogP) is 2.59. The molecule has 1 atom stereocenters. The Bertz CT molecular complexity index is 355. The summed E-state index contributed by atoms with van der Waals surface area (Å²) in [5.74, 6) is 0. The summed E-state index contributed by atoms with van der Waals surface area (Å²) in [6.07, 6.45) is 3.45. The maximum Gasteiger partial charge on any atom is 0.0950 e. The molecule has 0 saturated heterocycles. The van der Waals surface area contributed by atoms with Crippen molar-refractivity contribution in [3.05, 3.63) is 40.7 Å². The van der Waals surface area contributed by atoms with Gasteiger partial charge in [0.2, 0.25) is 0 Å². The van der Waals surface area contributed by atoms with E-state index in [0.717, 1.165) is 12.2 Å². The summed E-state index contributed by atoms with van der Waals surface area (Å²) >= 11 is 1.62. The highest BCUT2D eigenvalue weighted by Gasteiger charge is 2.05. The van der Waals surface area contributed by atoms with Gasteiger partial charge in [0.25, 0.3) is 0 Å². The number of nitrogens with one attached hydrogen (secondary N) is 1. The number of aromatic nitrogens is 1. The average Bonchev–Trinajstić information content (AvgIpc) is 2.87. The fourth-order valence-electron chi connectivity index (χ4n) is 1.22. The lowest BCUT2D eigenvalue weighted by Gasteiger charge is -2.09. The Balaban J connectivity index is 1.87. The van der Waals surface area contributed by atoms with E-state index < -0.39 is 0 Å². The molecule has 1 N–H and O–H groups in total. The molecule has 14 heavy (non-hydrogen) atoms. The Kier molecular flexibility index (Phi) is 2.96. The van der Waals surface area contributed by atoms with Gasteiger partial charge < -0.3 is 9.73 Å². The fourth-order valence-corrected chi connectivity index (χ4v) is 1.78. The molecule has 2 aromatic rings. The number of nitrogens with zero attached hydrogens (tertiary/aromatic N) is 1. The van der Waals surface area contributed by atoms with E-state index in [1.54, 1.807) is 23.9 Å². The molecular formula is C10H12N2OS. The molecule has 0 saturated carbocycles. The SMILES string of the molecule is CC(NCc1cscn1)c1ccoc1. The first-order valence-electron chi connectivity index (χ1n) is 4.49. The van der Waals surface area contributed by atoms with E-state index in [4.69, 9.17) is 4.42 Å². The molecule has 2 aromatic heterocycles. The van der Waals surface area contributed by atoms with Crippen molar-refractivity contribution in [2.75, 3.05) is 0 Å². The number of hydrogen-bond acceptors (Lipinski definition) is 4. The summed E-state index contributed by atoms with van der Waals surface area (Å²) in [6, 6.07) is 2.27. The first kappa shape index (κ1) is 9.43. The van der Waals surface area contributed by atoms with Gasteiger partial charge in [-0.1, -0.05) is 0 Å². The zero-order valence-electron chi connectivity index (χ0n) is 7.93. The molecule has 0 radical (unpaired) electrons. The van der Waals surface area contributed by atoms with Gasteiger partial charge in [-0.05, 0) is 13.0 Å². The van der Waals surface area contributed by atoms with Crippen molar-refractivity contribution in [3.63, 3.8) is 0 Å². The van der Waals surface area contributed by atoms with Crippen LogP contribution in [0.4, 0.5) is 0 Å². The Labute approximate surface area is 86.8 Å². The van der Waals surface area contributed by atoms with Gasteiger partial charge in [0.05, 0.1) is 23.7 Å². The van der Waals surface area contributed by atoms with Gasteiger partial charge in [0.15, 0.2) is 0 Å². The molecule has 74 valence electrons. The van der Waals surface area contributed by atoms with Crippen molar-refractivity contribution in [2.45, 2.75) is 19.5 Å². The maximum atomic E-state index is 5.02. The summed E-state index contributed by atoms with van der Waals surface area (Å²) in [4.78, 5) is 4.20. The molecule has 0 spiro atoms. The zero-order chi connectivity index (χ0) is 9.80. The molecule has 0 bridgehead atoms. The second kappa shape index (κ2) is 4.39. The molecule has 0 aromatic carbocycles. The standard InChI is InChI=1S/C10H12N2OS/c1-8(9-2-3-13-5-9)11-4-10-6-14-7-12-10/h2-3,5-8,11H,4H2,1H3. The van der Waals surface area contributed by atoms with E-state index in [-0.39, 0.29) is 0 Å². The predicted molar refractivity (Wildman–Crippen MR) is 56.1 cm³/mol. The smallest absolute Gasteiger partial charge is 0.0950 e. The topological polar surface area (TPSA) is 38.1 Å². The lowest BCUT2D eigenvalue weighted by atomic mass is 10.2. The van der Waals surface area contributed by atoms with E-state index in [1.807, 2.05) is 11.6 Å². The summed E-state index contributed by atoms with van der Waals surface area (Å²) in [6.45, 7) is 2.91. The van der Waals surface area contributed by atoms with Crippen molar-refractivity contribution in [3.8, 4) is 0 Å². The van der Waals surface area contributed by atoms with Crippen LogP contribution in [0, 0.1) is 0 Å². The summed E-state index contributed by atoms with van der Waals surface area (Å²) in [5.41, 5.74) is 4.10. The Hall–Kier alpha value is -1.13. The lowest BCUT2D eigenvalue weighted by molar-refractivity contribution is 0.536. The molecule has 0 aliphatic rings. The van der Waals surface area contributed by atoms with Crippen LogP contribution in [0.5, 0.6) is 0 Å². The van der Waals surface area contributed by atoms with Crippen molar-refractivity contribution >= 4 is 11.3 Å². The molecule has 0 amide bonds. The highest BCUT2D eigenvalue weighted by molar-refractivity contribution is 7.07. The van der Waals surface area contributed by atoms with Crippen LogP contribution in [0.1, 0.15) is 24.2 Å². The van der Waals surface area contributed by atoms with E-state index in [0.29, 0.717) is 6.04 Å². The quantitative estimate of drug-likeness (QED) is 0.839. The van der Waals surface area contributed by atoms with E-state index >= 15 is 0 Å². The van der Waals surface area contributed by atoms with Crippen molar-refractivity contribution in [1.82, 2.24) is 10.3 Å². The lowest BCUT2D eigenvalue weighted by Crippen LogP contribution is -2.17. The molecule has 4 heteroatoms. The summed E-state index contributed by atoms with van der Waals surface area (Å²) in [5, 5.41) is 5.42. The van der Waals surface area contributed by atoms with E-state index in [9.17, 15) is 0 Å². The van der Waals surface area contributed by atoms with Gasteiger partial charge in [-0.15, -0.1) is 11.3 Å². The zero-order valence-corrected chi connectivity index (χ0v) is 8.75. The molecule has 2 heterocycles. The van der Waals surface area contributed by atoms with Crippen LogP contribution in [0.3, 0.4) is 0 Å². The van der Waals surface area contributed by atoms with Crippen LogP contribution in [-0.2, 0) is 6.54 Å². The molecule has 0 fully saturated rings. The van der Waals surface area contributed by atoms with Gasteiger partial charge in [-0.2, -0.15) is 0 Å². The van der Waals surface area contributed by atoms with Crippen LogP contribution in [0.15, 0.2) is 33.9 Å². The van der Waals surface area contributed by atoms with Gasteiger partial charge in [-0.3, -0.25) is 0 Å². The second-order valence-corrected chi connectivity index (χ2v) is 3.86. The molecule has 1 unspecified atom stereocenters. The second-order valence-electron chi connectivity index (χ2n) is 3.14. The van der Waals surface area contributed by atoms with Gasteiger partial charge in [0.1, 0.15) is 0 Å². The third kappa shape index (κ3) is 2.21. The highest BCUT2D eigenvalue weighted by atomic mass is 32.1. The van der Waals surface area contributed by atoms with Crippen LogP contribution in [-0.4, -0.2) is 4.98 Å². The largest absolute Gasteiger partial charge is 0.472 e. The van der Waals surface area contributed by atoms with Crippen LogP contribution < -0.4 is 5.32 Å². The third-order valence-corrected chi connectivity index (χ3v) is 2.75. The maximum absolute atomic E-state index is 5.02. The first-order chi connectivity index (χ1) is 6.86. The van der Waals surface area contributed by atoms with Crippen molar-refractivity contribution in [2.24, 2.45) is 0 Å². The average molecular weight is 208 g/mol. The minimum atomic E-state index is 0.301. The monoisotopic (exact) mass is 208 g/mol. The third-order valence-electron chi connectivity index (χ3n) is 2.12. The highest BCUT2D eigenvalue weighted by Crippen LogP contribution is 2.12. The summed E-state index contributed by atoms with van der Waals surface area (Å²) < 4.78 is 5.02.